The maximum atomic E-state index is 6.02. The number of ether oxygens (including phenoxy) is 2. The molecule has 0 unspecified atom stereocenters. The lowest BCUT2D eigenvalue weighted by Gasteiger charge is -2.25. The number of morpholine rings is 1. The van der Waals surface area contributed by atoms with Crippen LogP contribution in [-0.4, -0.2) is 56.9 Å². The third-order valence-electron chi connectivity index (χ3n) is 4.25. The van der Waals surface area contributed by atoms with Crippen LogP contribution in [-0.2, 0) is 4.74 Å². The molecule has 0 aromatic heterocycles. The molecule has 120 valence electrons. The van der Waals surface area contributed by atoms with Crippen LogP contribution in [0.2, 0.25) is 0 Å². The zero-order chi connectivity index (χ0) is 15.0. The monoisotopic (exact) mass is 302 g/mol. The van der Waals surface area contributed by atoms with Gasteiger partial charge in [-0.1, -0.05) is 24.3 Å². The van der Waals surface area contributed by atoms with Crippen molar-refractivity contribution in [1.82, 2.24) is 10.2 Å². The first-order chi connectivity index (χ1) is 10.9. The highest BCUT2D eigenvalue weighted by atomic mass is 16.5. The Morgan fingerprint density at radius 1 is 1.14 bits per heavy atom. The molecule has 1 aromatic carbocycles. The van der Waals surface area contributed by atoms with Crippen LogP contribution < -0.4 is 10.1 Å². The number of hydrogen-bond donors (Lipinski definition) is 1. The normalized spacial score (nSPS) is 21.3. The molecule has 0 amide bonds. The number of hydrogen-bond acceptors (Lipinski definition) is 4. The molecule has 4 heteroatoms. The van der Waals surface area contributed by atoms with E-state index in [-0.39, 0.29) is 0 Å². The predicted molar refractivity (Wildman–Crippen MR) is 89.3 cm³/mol. The van der Waals surface area contributed by atoms with Crippen molar-refractivity contribution in [2.24, 2.45) is 0 Å². The van der Waals surface area contributed by atoms with E-state index in [4.69, 9.17) is 9.47 Å². The summed E-state index contributed by atoms with van der Waals surface area (Å²) in [5.74, 6) is 0.984. The molecule has 0 atom stereocenters. The van der Waals surface area contributed by atoms with Crippen molar-refractivity contribution in [2.45, 2.75) is 18.9 Å². The molecule has 0 saturated carbocycles. The summed E-state index contributed by atoms with van der Waals surface area (Å²) in [5.41, 5.74) is 1.23. The zero-order valence-electron chi connectivity index (χ0n) is 13.2. The van der Waals surface area contributed by atoms with E-state index in [0.717, 1.165) is 64.5 Å². The number of nitrogens with one attached hydrogen (secondary N) is 1. The minimum absolute atomic E-state index is 0.365. The van der Waals surface area contributed by atoms with Gasteiger partial charge in [0.05, 0.1) is 13.2 Å². The first-order valence-corrected chi connectivity index (χ1v) is 8.34. The standard InChI is InChI=1S/C18H26N2O2/c1(11-20-12-14-21-15-13-20)2-16-3-5-17(6-4-16)22-18-7-9-19-10-8-18/h1-6,18-19H,7-15H2. The molecule has 2 heterocycles. The molecular formula is C18H26N2O2. The maximum Gasteiger partial charge on any atom is 0.119 e. The summed E-state index contributed by atoms with van der Waals surface area (Å²) in [6, 6.07) is 8.42. The largest absolute Gasteiger partial charge is 0.490 e. The van der Waals surface area contributed by atoms with Gasteiger partial charge in [-0.3, -0.25) is 4.90 Å². The van der Waals surface area contributed by atoms with E-state index in [2.05, 4.69) is 46.6 Å². The number of rotatable bonds is 5. The van der Waals surface area contributed by atoms with Crippen LogP contribution in [0, 0.1) is 0 Å². The fraction of sp³-hybridized carbons (Fsp3) is 0.556. The Morgan fingerprint density at radius 2 is 1.86 bits per heavy atom. The lowest BCUT2D eigenvalue weighted by atomic mass is 10.1. The Labute approximate surface area is 133 Å². The van der Waals surface area contributed by atoms with Crippen LogP contribution in [0.3, 0.4) is 0 Å². The lowest BCUT2D eigenvalue weighted by molar-refractivity contribution is 0.0435. The second-order valence-corrected chi connectivity index (χ2v) is 5.95. The second-order valence-electron chi connectivity index (χ2n) is 5.95. The van der Waals surface area contributed by atoms with Crippen molar-refractivity contribution in [3.63, 3.8) is 0 Å². The number of benzene rings is 1. The molecule has 2 aliphatic heterocycles. The minimum Gasteiger partial charge on any atom is -0.490 e. The smallest absolute Gasteiger partial charge is 0.119 e. The Morgan fingerprint density at radius 3 is 2.59 bits per heavy atom. The molecule has 0 aliphatic carbocycles. The Bertz CT molecular complexity index is 460. The second kappa shape index (κ2) is 8.32. The van der Waals surface area contributed by atoms with Gasteiger partial charge in [0, 0.05) is 19.6 Å². The Kier molecular flexibility index (Phi) is 5.87. The molecule has 4 nitrogen and oxygen atoms in total. The van der Waals surface area contributed by atoms with E-state index in [9.17, 15) is 0 Å². The molecule has 1 aromatic rings. The molecule has 2 aliphatic rings. The number of nitrogens with zero attached hydrogens (tertiary/aromatic N) is 1. The first kappa shape index (κ1) is 15.5. The summed E-state index contributed by atoms with van der Waals surface area (Å²) in [4.78, 5) is 2.41. The lowest BCUT2D eigenvalue weighted by Crippen LogP contribution is -2.36. The van der Waals surface area contributed by atoms with Crippen molar-refractivity contribution in [3.05, 3.63) is 35.9 Å². The topological polar surface area (TPSA) is 33.7 Å². The summed E-state index contributed by atoms with van der Waals surface area (Å²) in [6.07, 6.45) is 6.98. The minimum atomic E-state index is 0.365. The van der Waals surface area contributed by atoms with E-state index in [1.165, 1.54) is 5.56 Å². The van der Waals surface area contributed by atoms with Crippen molar-refractivity contribution < 1.29 is 9.47 Å². The van der Waals surface area contributed by atoms with Gasteiger partial charge in [0.25, 0.3) is 0 Å². The zero-order valence-corrected chi connectivity index (χ0v) is 13.2. The van der Waals surface area contributed by atoms with Crippen molar-refractivity contribution in [2.75, 3.05) is 45.9 Å². The van der Waals surface area contributed by atoms with Gasteiger partial charge in [0.1, 0.15) is 11.9 Å². The van der Waals surface area contributed by atoms with Crippen LogP contribution in [0.5, 0.6) is 5.75 Å². The van der Waals surface area contributed by atoms with Gasteiger partial charge in [0.2, 0.25) is 0 Å². The van der Waals surface area contributed by atoms with Crippen LogP contribution in [0.25, 0.3) is 6.08 Å². The SMILES string of the molecule is C(=Cc1ccc(OC2CCNCC2)cc1)CN1CCOCC1. The van der Waals surface area contributed by atoms with Gasteiger partial charge in [0.15, 0.2) is 0 Å². The highest BCUT2D eigenvalue weighted by Gasteiger charge is 2.14. The van der Waals surface area contributed by atoms with Crippen molar-refractivity contribution >= 4 is 6.08 Å². The molecule has 0 spiro atoms. The molecule has 22 heavy (non-hydrogen) atoms. The third kappa shape index (κ3) is 4.83. The van der Waals surface area contributed by atoms with E-state index in [1.807, 2.05) is 0 Å². The molecule has 0 bridgehead atoms. The van der Waals surface area contributed by atoms with Gasteiger partial charge < -0.3 is 14.8 Å². The van der Waals surface area contributed by atoms with Gasteiger partial charge in [-0.05, 0) is 43.6 Å². The fourth-order valence-electron chi connectivity index (χ4n) is 2.88. The summed E-state index contributed by atoms with van der Waals surface area (Å²) in [6.45, 7) is 6.91. The van der Waals surface area contributed by atoms with Crippen LogP contribution in [0.15, 0.2) is 30.3 Å². The third-order valence-corrected chi connectivity index (χ3v) is 4.25. The van der Waals surface area contributed by atoms with Gasteiger partial charge >= 0.3 is 0 Å². The summed E-state index contributed by atoms with van der Waals surface area (Å²) in [5, 5.41) is 3.36. The van der Waals surface area contributed by atoms with Crippen LogP contribution in [0.4, 0.5) is 0 Å². The summed E-state index contributed by atoms with van der Waals surface area (Å²) in [7, 11) is 0. The molecule has 1 N–H and O–H groups in total. The highest BCUT2D eigenvalue weighted by Crippen LogP contribution is 2.18. The summed E-state index contributed by atoms with van der Waals surface area (Å²) >= 11 is 0. The van der Waals surface area contributed by atoms with Gasteiger partial charge in [-0.15, -0.1) is 0 Å². The van der Waals surface area contributed by atoms with E-state index >= 15 is 0 Å². The van der Waals surface area contributed by atoms with Crippen molar-refractivity contribution in [3.8, 4) is 5.75 Å². The average molecular weight is 302 g/mol. The van der Waals surface area contributed by atoms with E-state index in [0.29, 0.717) is 6.10 Å². The van der Waals surface area contributed by atoms with E-state index < -0.39 is 0 Å². The summed E-state index contributed by atoms with van der Waals surface area (Å²) < 4.78 is 11.4. The Hall–Kier alpha value is -1.36. The van der Waals surface area contributed by atoms with Gasteiger partial charge in [-0.2, -0.15) is 0 Å². The van der Waals surface area contributed by atoms with Crippen LogP contribution >= 0.6 is 0 Å². The fourth-order valence-corrected chi connectivity index (χ4v) is 2.88. The quantitative estimate of drug-likeness (QED) is 0.904. The van der Waals surface area contributed by atoms with Gasteiger partial charge in [-0.25, -0.2) is 0 Å². The van der Waals surface area contributed by atoms with E-state index in [1.54, 1.807) is 0 Å². The average Bonchev–Trinajstić information content (AvgIpc) is 2.58. The molecule has 3 rings (SSSR count). The molecular weight excluding hydrogens is 276 g/mol. The van der Waals surface area contributed by atoms with Crippen molar-refractivity contribution in [1.29, 1.82) is 0 Å². The first-order valence-electron chi connectivity index (χ1n) is 8.34. The number of piperidine rings is 1. The molecule has 2 fully saturated rings. The molecule has 2 saturated heterocycles. The highest BCUT2D eigenvalue weighted by molar-refractivity contribution is 5.50. The Balaban J connectivity index is 1.46. The molecule has 0 radical (unpaired) electrons. The van der Waals surface area contributed by atoms with Crippen LogP contribution in [0.1, 0.15) is 18.4 Å². The maximum absolute atomic E-state index is 6.02. The predicted octanol–water partition coefficient (Wildman–Crippen LogP) is 2.16.